The molecular formula is C14H28N2O. The van der Waals surface area contributed by atoms with Crippen LogP contribution in [-0.2, 0) is 4.79 Å². The first-order valence-corrected chi connectivity index (χ1v) is 7.18. The molecule has 3 atom stereocenters. The normalized spacial score (nSPS) is 26.9. The Hall–Kier alpha value is -0.570. The number of nitrogens with zero attached hydrogens (tertiary/aromatic N) is 1. The Labute approximate surface area is 106 Å². The van der Waals surface area contributed by atoms with E-state index in [1.807, 2.05) is 0 Å². The molecule has 0 saturated carbocycles. The summed E-state index contributed by atoms with van der Waals surface area (Å²) in [4.78, 5) is 14.6. The van der Waals surface area contributed by atoms with Crippen molar-refractivity contribution in [2.75, 3.05) is 0 Å². The van der Waals surface area contributed by atoms with Gasteiger partial charge in [-0.1, -0.05) is 41.0 Å². The molecule has 0 aromatic heterocycles. The van der Waals surface area contributed by atoms with Crippen LogP contribution in [0.25, 0.3) is 0 Å². The summed E-state index contributed by atoms with van der Waals surface area (Å²) in [6.45, 7) is 10.8. The first-order valence-electron chi connectivity index (χ1n) is 7.18. The van der Waals surface area contributed by atoms with E-state index in [1.54, 1.807) is 0 Å². The van der Waals surface area contributed by atoms with E-state index in [0.717, 1.165) is 25.7 Å². The number of amides is 1. The lowest BCUT2D eigenvalue weighted by Crippen LogP contribution is -2.43. The molecular weight excluding hydrogens is 212 g/mol. The second-order valence-electron chi connectivity index (χ2n) is 5.17. The summed E-state index contributed by atoms with van der Waals surface area (Å²) >= 11 is 0. The number of carbonyl (C=O) groups excluding carboxylic acids is 1. The Bertz CT molecular complexity index is 251. The lowest BCUT2D eigenvalue weighted by Gasteiger charge is -2.31. The van der Waals surface area contributed by atoms with Crippen LogP contribution in [0.1, 0.15) is 60.3 Å². The van der Waals surface area contributed by atoms with Crippen LogP contribution in [0.15, 0.2) is 0 Å². The molecule has 1 aliphatic heterocycles. The topological polar surface area (TPSA) is 32.3 Å². The van der Waals surface area contributed by atoms with Crippen LogP contribution in [0.4, 0.5) is 0 Å². The molecule has 17 heavy (non-hydrogen) atoms. The highest BCUT2D eigenvalue weighted by Gasteiger charge is 2.42. The van der Waals surface area contributed by atoms with E-state index in [4.69, 9.17) is 0 Å². The van der Waals surface area contributed by atoms with E-state index in [0.29, 0.717) is 17.9 Å². The Morgan fingerprint density at radius 2 is 1.76 bits per heavy atom. The number of carbonyl (C=O) groups is 1. The highest BCUT2D eigenvalue weighted by molar-refractivity contribution is 5.85. The van der Waals surface area contributed by atoms with Gasteiger partial charge in [0.2, 0.25) is 5.91 Å². The zero-order valence-corrected chi connectivity index (χ0v) is 12.0. The number of hydrogen-bond donors (Lipinski definition) is 1. The average Bonchev–Trinajstić information content (AvgIpc) is 2.68. The van der Waals surface area contributed by atoms with Crippen LogP contribution < -0.4 is 5.32 Å². The van der Waals surface area contributed by atoms with Gasteiger partial charge in [-0.3, -0.25) is 10.1 Å². The maximum absolute atomic E-state index is 12.5. The molecule has 1 rings (SSSR count). The Morgan fingerprint density at radius 1 is 1.18 bits per heavy atom. The minimum absolute atomic E-state index is 0.0329. The summed E-state index contributed by atoms with van der Waals surface area (Å²) in [5, 5.41) is 3.52. The average molecular weight is 240 g/mol. The number of rotatable bonds is 6. The van der Waals surface area contributed by atoms with Gasteiger partial charge >= 0.3 is 0 Å². The Kier molecular flexibility index (Phi) is 5.44. The van der Waals surface area contributed by atoms with E-state index in [2.05, 4.69) is 44.8 Å². The van der Waals surface area contributed by atoms with Crippen molar-refractivity contribution in [2.24, 2.45) is 5.92 Å². The van der Waals surface area contributed by atoms with Crippen molar-refractivity contribution in [3.05, 3.63) is 0 Å². The lowest BCUT2D eigenvalue weighted by molar-refractivity contribution is -0.133. The predicted octanol–water partition coefficient (Wildman–Crippen LogP) is 2.76. The first-order chi connectivity index (χ1) is 8.10. The van der Waals surface area contributed by atoms with Crippen molar-refractivity contribution in [2.45, 2.75) is 78.6 Å². The molecule has 0 bridgehead atoms. The van der Waals surface area contributed by atoms with Crippen LogP contribution in [0.5, 0.6) is 0 Å². The molecule has 1 fully saturated rings. The summed E-state index contributed by atoms with van der Waals surface area (Å²) in [6.07, 6.45) is 4.39. The number of hydrogen-bond acceptors (Lipinski definition) is 2. The minimum atomic E-state index is 0.0329. The summed E-state index contributed by atoms with van der Waals surface area (Å²) in [5.74, 6) is 0.746. The van der Waals surface area contributed by atoms with Gasteiger partial charge in [0, 0.05) is 6.04 Å². The van der Waals surface area contributed by atoms with Crippen LogP contribution in [0.3, 0.4) is 0 Å². The molecule has 1 aliphatic rings. The lowest BCUT2D eigenvalue weighted by atomic mass is 9.99. The molecule has 1 amide bonds. The largest absolute Gasteiger partial charge is 0.323 e. The molecule has 0 aliphatic carbocycles. The van der Waals surface area contributed by atoms with Crippen molar-refractivity contribution in [1.82, 2.24) is 10.2 Å². The minimum Gasteiger partial charge on any atom is -0.323 e. The van der Waals surface area contributed by atoms with Gasteiger partial charge < -0.3 is 4.90 Å². The fourth-order valence-corrected chi connectivity index (χ4v) is 2.75. The van der Waals surface area contributed by atoms with Crippen molar-refractivity contribution in [1.29, 1.82) is 0 Å². The third kappa shape index (κ3) is 2.82. The molecule has 3 unspecified atom stereocenters. The molecule has 3 nitrogen and oxygen atoms in total. The highest BCUT2D eigenvalue weighted by Crippen LogP contribution is 2.25. The molecule has 0 aromatic carbocycles. The van der Waals surface area contributed by atoms with Crippen LogP contribution in [-0.4, -0.2) is 29.1 Å². The van der Waals surface area contributed by atoms with Gasteiger partial charge in [0.25, 0.3) is 0 Å². The molecule has 1 N–H and O–H groups in total. The van der Waals surface area contributed by atoms with E-state index < -0.39 is 0 Å². The van der Waals surface area contributed by atoms with Gasteiger partial charge in [-0.25, -0.2) is 0 Å². The van der Waals surface area contributed by atoms with E-state index in [-0.39, 0.29) is 12.2 Å². The molecule has 3 heteroatoms. The van der Waals surface area contributed by atoms with Gasteiger partial charge in [0.1, 0.15) is 0 Å². The fourth-order valence-electron chi connectivity index (χ4n) is 2.75. The maximum Gasteiger partial charge on any atom is 0.241 e. The van der Waals surface area contributed by atoms with Gasteiger partial charge in [0.15, 0.2) is 0 Å². The van der Waals surface area contributed by atoms with Crippen LogP contribution in [0.2, 0.25) is 0 Å². The maximum atomic E-state index is 12.5. The molecule has 100 valence electrons. The molecule has 0 radical (unpaired) electrons. The van der Waals surface area contributed by atoms with Gasteiger partial charge in [-0.05, 0) is 25.2 Å². The molecule has 1 heterocycles. The van der Waals surface area contributed by atoms with Crippen molar-refractivity contribution in [3.63, 3.8) is 0 Å². The SMILES string of the molecule is CCC(C)C1NC(CC)N(C(CC)CC)C1=O. The second kappa shape index (κ2) is 6.39. The van der Waals surface area contributed by atoms with Gasteiger partial charge in [-0.15, -0.1) is 0 Å². The second-order valence-corrected chi connectivity index (χ2v) is 5.17. The number of nitrogens with one attached hydrogen (secondary N) is 1. The molecule has 1 saturated heterocycles. The van der Waals surface area contributed by atoms with E-state index in [9.17, 15) is 4.79 Å². The zero-order chi connectivity index (χ0) is 13.0. The van der Waals surface area contributed by atoms with Gasteiger partial charge in [0.05, 0.1) is 12.2 Å². The van der Waals surface area contributed by atoms with Crippen LogP contribution >= 0.6 is 0 Å². The smallest absolute Gasteiger partial charge is 0.241 e. The third-order valence-electron chi connectivity index (χ3n) is 4.16. The third-order valence-corrected chi connectivity index (χ3v) is 4.16. The van der Waals surface area contributed by atoms with Crippen molar-refractivity contribution >= 4 is 5.91 Å². The Balaban J connectivity index is 2.85. The Morgan fingerprint density at radius 3 is 2.18 bits per heavy atom. The van der Waals surface area contributed by atoms with E-state index >= 15 is 0 Å². The summed E-state index contributed by atoms with van der Waals surface area (Å²) < 4.78 is 0. The summed E-state index contributed by atoms with van der Waals surface area (Å²) in [5.41, 5.74) is 0. The zero-order valence-electron chi connectivity index (χ0n) is 12.0. The fraction of sp³-hybridized carbons (Fsp3) is 0.929. The quantitative estimate of drug-likeness (QED) is 0.774. The van der Waals surface area contributed by atoms with E-state index in [1.165, 1.54) is 0 Å². The molecule has 0 aromatic rings. The van der Waals surface area contributed by atoms with Crippen molar-refractivity contribution in [3.8, 4) is 0 Å². The highest BCUT2D eigenvalue weighted by atomic mass is 16.2. The van der Waals surface area contributed by atoms with Crippen molar-refractivity contribution < 1.29 is 4.79 Å². The van der Waals surface area contributed by atoms with Gasteiger partial charge in [-0.2, -0.15) is 0 Å². The van der Waals surface area contributed by atoms with Crippen LogP contribution in [0, 0.1) is 5.92 Å². The first kappa shape index (κ1) is 14.5. The standard InChI is InChI=1S/C14H28N2O/c1-6-10(5)13-14(17)16(11(7-2)8-3)12(9-4)15-13/h10-13,15H,6-9H2,1-5H3. The summed E-state index contributed by atoms with van der Waals surface area (Å²) in [7, 11) is 0. The monoisotopic (exact) mass is 240 g/mol. The predicted molar refractivity (Wildman–Crippen MR) is 71.7 cm³/mol. The molecule has 0 spiro atoms. The summed E-state index contributed by atoms with van der Waals surface area (Å²) in [6, 6.07) is 0.430.